The van der Waals surface area contributed by atoms with Crippen LogP contribution in [-0.2, 0) is 17.3 Å². The number of nitrogens with zero attached hydrogens (tertiary/aromatic N) is 3. The summed E-state index contributed by atoms with van der Waals surface area (Å²) in [4.78, 5) is 21.0. The molecular weight excluding hydrogens is 489 g/mol. The van der Waals surface area contributed by atoms with Gasteiger partial charge in [0.15, 0.2) is 11.5 Å². The highest BCUT2D eigenvalue weighted by Gasteiger charge is 2.34. The quantitative estimate of drug-likeness (QED) is 0.454. The van der Waals surface area contributed by atoms with E-state index in [0.29, 0.717) is 78.9 Å². The van der Waals surface area contributed by atoms with E-state index in [1.165, 1.54) is 0 Å². The molecule has 35 heavy (non-hydrogen) atoms. The smallest absolute Gasteiger partial charge is 0.454 e. The first-order valence-electron chi connectivity index (χ1n) is 10.9. The number of ether oxygens (including phenoxy) is 3. The number of halogens is 3. The first-order valence-corrected chi connectivity index (χ1v) is 11.7. The van der Waals surface area contributed by atoms with Gasteiger partial charge in [-0.25, -0.2) is 9.78 Å². The standard InChI is InChI=1S/C22H21F3N4O5S/c23-22(24,25)17-10-14-18(26-6-3-12-1-2-15-16(9-12)33-11-32-15)27-20(28-19(14)35-17)29-7-4-13(5-8-29)34-21(30)31/h1-2,9-10,13H,3-8,11H2,(H,30,31)(H,26,27,28). The molecule has 13 heteroatoms. The monoisotopic (exact) mass is 510 g/mol. The molecule has 0 bridgehead atoms. The molecule has 0 unspecified atom stereocenters. The van der Waals surface area contributed by atoms with E-state index >= 15 is 0 Å². The van der Waals surface area contributed by atoms with Gasteiger partial charge in [0.05, 0.1) is 5.39 Å². The fraction of sp³-hybridized carbons (Fsp3) is 0.409. The van der Waals surface area contributed by atoms with Crippen LogP contribution in [0.15, 0.2) is 24.3 Å². The SMILES string of the molecule is O=C(O)OC1CCN(c2nc(NCCc3ccc4c(c3)OCO4)c3cc(C(F)(F)F)sc3n2)CC1. The normalized spacial score (nSPS) is 16.0. The maximum atomic E-state index is 13.4. The van der Waals surface area contributed by atoms with Crippen molar-refractivity contribution in [1.82, 2.24) is 9.97 Å². The van der Waals surface area contributed by atoms with Crippen molar-refractivity contribution in [2.75, 3.05) is 36.6 Å². The highest BCUT2D eigenvalue weighted by molar-refractivity contribution is 7.18. The van der Waals surface area contributed by atoms with Gasteiger partial charge >= 0.3 is 12.3 Å². The number of thiophene rings is 1. The van der Waals surface area contributed by atoms with Gasteiger partial charge in [0.25, 0.3) is 0 Å². The van der Waals surface area contributed by atoms with E-state index in [-0.39, 0.29) is 11.6 Å². The molecule has 1 fully saturated rings. The zero-order valence-corrected chi connectivity index (χ0v) is 19.1. The topological polar surface area (TPSA) is 106 Å². The van der Waals surface area contributed by atoms with Gasteiger partial charge in [-0.2, -0.15) is 18.2 Å². The van der Waals surface area contributed by atoms with Crippen molar-refractivity contribution in [2.24, 2.45) is 0 Å². The summed E-state index contributed by atoms with van der Waals surface area (Å²) in [6.45, 7) is 1.46. The Morgan fingerprint density at radius 3 is 2.71 bits per heavy atom. The van der Waals surface area contributed by atoms with Crippen LogP contribution in [0.2, 0.25) is 0 Å². The van der Waals surface area contributed by atoms with Crippen LogP contribution in [0.5, 0.6) is 11.5 Å². The molecule has 1 saturated heterocycles. The third-order valence-corrected chi connectivity index (χ3v) is 6.87. The number of fused-ring (bicyclic) bond motifs is 2. The minimum Gasteiger partial charge on any atom is -0.454 e. The van der Waals surface area contributed by atoms with Crippen molar-refractivity contribution >= 4 is 39.5 Å². The van der Waals surface area contributed by atoms with Gasteiger partial charge in [-0.05, 0) is 30.2 Å². The lowest BCUT2D eigenvalue weighted by atomic mass is 10.1. The number of rotatable bonds is 6. The highest BCUT2D eigenvalue weighted by Crippen LogP contribution is 2.40. The van der Waals surface area contributed by atoms with Crippen LogP contribution in [0.25, 0.3) is 10.2 Å². The van der Waals surface area contributed by atoms with E-state index in [4.69, 9.17) is 19.3 Å². The van der Waals surface area contributed by atoms with Crippen molar-refractivity contribution in [2.45, 2.75) is 31.5 Å². The van der Waals surface area contributed by atoms with E-state index < -0.39 is 23.3 Å². The molecule has 0 atom stereocenters. The van der Waals surface area contributed by atoms with E-state index in [2.05, 4.69) is 15.3 Å². The first kappa shape index (κ1) is 23.3. The van der Waals surface area contributed by atoms with Crippen LogP contribution in [-0.4, -0.2) is 53.8 Å². The highest BCUT2D eigenvalue weighted by atomic mass is 32.1. The second-order valence-corrected chi connectivity index (χ2v) is 9.16. The number of hydrogen-bond acceptors (Lipinski definition) is 9. The van der Waals surface area contributed by atoms with Crippen LogP contribution in [0.4, 0.5) is 29.7 Å². The van der Waals surface area contributed by atoms with Crippen molar-refractivity contribution in [3.8, 4) is 11.5 Å². The van der Waals surface area contributed by atoms with Crippen molar-refractivity contribution in [3.63, 3.8) is 0 Å². The molecule has 0 saturated carbocycles. The molecular formula is C22H21F3N4O5S. The Bertz CT molecular complexity index is 1240. The van der Waals surface area contributed by atoms with Gasteiger partial charge in [-0.15, -0.1) is 11.3 Å². The van der Waals surface area contributed by atoms with Crippen LogP contribution in [0, 0.1) is 0 Å². The average Bonchev–Trinajstić information content (AvgIpc) is 3.46. The van der Waals surface area contributed by atoms with E-state index in [1.807, 2.05) is 23.1 Å². The molecule has 2 aromatic heterocycles. The Hall–Kier alpha value is -3.48. The lowest BCUT2D eigenvalue weighted by molar-refractivity contribution is -0.134. The molecule has 5 rings (SSSR count). The summed E-state index contributed by atoms with van der Waals surface area (Å²) < 4.78 is 55.7. The minimum atomic E-state index is -4.48. The zero-order valence-electron chi connectivity index (χ0n) is 18.3. The van der Waals surface area contributed by atoms with E-state index in [9.17, 15) is 18.0 Å². The number of anilines is 2. The number of carbonyl (C=O) groups is 1. The van der Waals surface area contributed by atoms with Gasteiger partial charge in [0, 0.05) is 32.5 Å². The third kappa shape index (κ3) is 5.14. The number of piperidine rings is 1. The summed E-state index contributed by atoms with van der Waals surface area (Å²) in [5.74, 6) is 1.96. The van der Waals surface area contributed by atoms with E-state index in [0.717, 1.165) is 11.6 Å². The molecule has 4 heterocycles. The van der Waals surface area contributed by atoms with Gasteiger partial charge in [0.2, 0.25) is 12.7 Å². The number of hydrogen-bond donors (Lipinski definition) is 2. The molecule has 2 aliphatic rings. The van der Waals surface area contributed by atoms with Gasteiger partial charge in [-0.1, -0.05) is 6.07 Å². The van der Waals surface area contributed by atoms with Crippen LogP contribution in [0.3, 0.4) is 0 Å². The van der Waals surface area contributed by atoms with Crippen molar-refractivity contribution in [3.05, 3.63) is 34.7 Å². The Balaban J connectivity index is 1.36. The summed E-state index contributed by atoms with van der Waals surface area (Å²) >= 11 is 0.573. The van der Waals surface area contributed by atoms with Gasteiger partial charge in [-0.3, -0.25) is 0 Å². The average molecular weight is 510 g/mol. The maximum absolute atomic E-state index is 13.4. The Morgan fingerprint density at radius 1 is 1.20 bits per heavy atom. The number of nitrogens with one attached hydrogen (secondary N) is 1. The summed E-state index contributed by atoms with van der Waals surface area (Å²) in [6, 6.07) is 6.68. The molecule has 2 aliphatic heterocycles. The maximum Gasteiger partial charge on any atom is 0.506 e. The number of aromatic nitrogens is 2. The van der Waals surface area contributed by atoms with Crippen molar-refractivity contribution in [1.29, 1.82) is 0 Å². The number of benzene rings is 1. The fourth-order valence-electron chi connectivity index (χ4n) is 4.06. The van der Waals surface area contributed by atoms with Crippen molar-refractivity contribution < 1.29 is 37.3 Å². The summed E-state index contributed by atoms with van der Waals surface area (Å²) in [7, 11) is 0. The molecule has 0 spiro atoms. The van der Waals surface area contributed by atoms with Crippen LogP contribution in [0.1, 0.15) is 23.3 Å². The molecule has 0 amide bonds. The Kier molecular flexibility index (Phi) is 6.17. The fourth-order valence-corrected chi connectivity index (χ4v) is 4.96. The molecule has 2 N–H and O–H groups in total. The second kappa shape index (κ2) is 9.29. The Morgan fingerprint density at radius 2 is 1.97 bits per heavy atom. The van der Waals surface area contributed by atoms with E-state index in [1.54, 1.807) is 0 Å². The predicted molar refractivity (Wildman–Crippen MR) is 122 cm³/mol. The first-order chi connectivity index (χ1) is 16.8. The molecule has 9 nitrogen and oxygen atoms in total. The largest absolute Gasteiger partial charge is 0.506 e. The summed E-state index contributed by atoms with van der Waals surface area (Å²) in [5, 5.41) is 12.3. The second-order valence-electron chi connectivity index (χ2n) is 8.13. The zero-order chi connectivity index (χ0) is 24.6. The van der Waals surface area contributed by atoms with Gasteiger partial charge in [0.1, 0.15) is 21.6 Å². The molecule has 186 valence electrons. The number of alkyl halides is 3. The minimum absolute atomic E-state index is 0.179. The summed E-state index contributed by atoms with van der Waals surface area (Å²) in [5.41, 5.74) is 0.981. The number of carboxylic acid groups (broad SMARTS) is 1. The summed E-state index contributed by atoms with van der Waals surface area (Å²) in [6.07, 6.45) is -4.76. The lowest BCUT2D eigenvalue weighted by Crippen LogP contribution is -2.38. The molecule has 1 aromatic carbocycles. The molecule has 3 aromatic rings. The predicted octanol–water partition coefficient (Wildman–Crippen LogP) is 4.76. The van der Waals surface area contributed by atoms with Crippen LogP contribution < -0.4 is 19.7 Å². The molecule has 0 radical (unpaired) electrons. The third-order valence-electron chi connectivity index (χ3n) is 5.80. The Labute approximate surface area is 201 Å². The van der Waals surface area contributed by atoms with Gasteiger partial charge < -0.3 is 29.5 Å². The lowest BCUT2D eigenvalue weighted by Gasteiger charge is -2.31. The molecule has 0 aliphatic carbocycles. The van der Waals surface area contributed by atoms with Crippen LogP contribution >= 0.6 is 11.3 Å².